The van der Waals surface area contributed by atoms with Gasteiger partial charge in [0.1, 0.15) is 9.84 Å². The molecule has 4 nitrogen and oxygen atoms in total. The Hall–Kier alpha value is -0.580. The minimum absolute atomic E-state index is 0.183. The Morgan fingerprint density at radius 1 is 0.950 bits per heavy atom. The first-order valence-electron chi connectivity index (χ1n) is 7.98. The molecule has 20 heavy (non-hydrogen) atoms. The Labute approximate surface area is 121 Å². The predicted octanol–water partition coefficient (Wildman–Crippen LogP) is 2.13. The van der Waals surface area contributed by atoms with Crippen molar-refractivity contribution < 1.29 is 13.2 Å². The summed E-state index contributed by atoms with van der Waals surface area (Å²) in [5, 5.41) is -0.226. The Morgan fingerprint density at radius 2 is 1.50 bits per heavy atom. The van der Waals surface area contributed by atoms with Crippen LogP contribution in [0.2, 0.25) is 0 Å². The first-order valence-corrected chi connectivity index (χ1v) is 9.93. The topological polar surface area (TPSA) is 54.5 Å². The van der Waals surface area contributed by atoms with Crippen LogP contribution in [0.5, 0.6) is 0 Å². The Kier molecular flexibility index (Phi) is 3.82. The summed E-state index contributed by atoms with van der Waals surface area (Å²) in [5.74, 6) is 0.533. The SMILES string of the molecule is CS(=O)(=O)C1C[C@H]2CC[C@@H](C1)N2C(=O)C1CCCCC1. The normalized spacial score (nSPS) is 35.2. The third-order valence-corrected chi connectivity index (χ3v) is 7.10. The third-order valence-electron chi connectivity index (χ3n) is 5.50. The summed E-state index contributed by atoms with van der Waals surface area (Å²) in [5.41, 5.74) is 0. The van der Waals surface area contributed by atoms with Crippen LogP contribution >= 0.6 is 0 Å². The quantitative estimate of drug-likeness (QED) is 0.785. The molecule has 0 aromatic carbocycles. The third kappa shape index (κ3) is 2.61. The number of fused-ring (bicyclic) bond motifs is 2. The molecule has 1 amide bonds. The van der Waals surface area contributed by atoms with Gasteiger partial charge in [0.2, 0.25) is 5.91 Å². The van der Waals surface area contributed by atoms with Gasteiger partial charge in [0.25, 0.3) is 0 Å². The van der Waals surface area contributed by atoms with Crippen LogP contribution in [0.1, 0.15) is 57.8 Å². The molecule has 0 aromatic rings. The van der Waals surface area contributed by atoms with E-state index in [0.29, 0.717) is 18.7 Å². The van der Waals surface area contributed by atoms with Crippen LogP contribution in [-0.4, -0.2) is 42.8 Å². The van der Waals surface area contributed by atoms with Gasteiger partial charge in [0, 0.05) is 24.3 Å². The van der Waals surface area contributed by atoms with Gasteiger partial charge >= 0.3 is 0 Å². The number of sulfone groups is 1. The lowest BCUT2D eigenvalue weighted by Crippen LogP contribution is -2.51. The predicted molar refractivity (Wildman–Crippen MR) is 78.1 cm³/mol. The van der Waals surface area contributed by atoms with E-state index in [1.54, 1.807) is 0 Å². The van der Waals surface area contributed by atoms with E-state index in [1.807, 2.05) is 0 Å². The molecule has 0 aromatic heterocycles. The fraction of sp³-hybridized carbons (Fsp3) is 0.933. The minimum Gasteiger partial charge on any atom is -0.336 e. The zero-order chi connectivity index (χ0) is 14.3. The molecule has 0 radical (unpaired) electrons. The first kappa shape index (κ1) is 14.4. The van der Waals surface area contributed by atoms with Crippen molar-refractivity contribution in [2.24, 2.45) is 5.92 Å². The monoisotopic (exact) mass is 299 g/mol. The van der Waals surface area contributed by atoms with Gasteiger partial charge in [-0.15, -0.1) is 0 Å². The van der Waals surface area contributed by atoms with Gasteiger partial charge in [0.15, 0.2) is 0 Å². The number of hydrogen-bond donors (Lipinski definition) is 0. The van der Waals surface area contributed by atoms with Gasteiger partial charge in [-0.25, -0.2) is 8.42 Å². The maximum Gasteiger partial charge on any atom is 0.226 e. The molecule has 3 fully saturated rings. The van der Waals surface area contributed by atoms with Crippen LogP contribution < -0.4 is 0 Å². The highest BCUT2D eigenvalue weighted by Gasteiger charge is 2.47. The van der Waals surface area contributed by atoms with E-state index in [4.69, 9.17) is 0 Å². The van der Waals surface area contributed by atoms with Crippen molar-refractivity contribution >= 4 is 15.7 Å². The Morgan fingerprint density at radius 3 is 2.00 bits per heavy atom. The lowest BCUT2D eigenvalue weighted by molar-refractivity contribution is -0.140. The van der Waals surface area contributed by atoms with Gasteiger partial charge in [-0.05, 0) is 38.5 Å². The van der Waals surface area contributed by atoms with E-state index in [-0.39, 0.29) is 23.3 Å². The summed E-state index contributed by atoms with van der Waals surface area (Å²) in [7, 11) is -2.96. The molecule has 2 heterocycles. The maximum atomic E-state index is 12.7. The van der Waals surface area contributed by atoms with Crippen molar-refractivity contribution in [1.29, 1.82) is 0 Å². The summed E-state index contributed by atoms with van der Waals surface area (Å²) in [6.45, 7) is 0. The van der Waals surface area contributed by atoms with Crippen LogP contribution in [0.15, 0.2) is 0 Å². The van der Waals surface area contributed by atoms with Crippen LogP contribution in [0.3, 0.4) is 0 Å². The smallest absolute Gasteiger partial charge is 0.226 e. The number of piperidine rings is 1. The first-order chi connectivity index (χ1) is 9.47. The van der Waals surface area contributed by atoms with E-state index >= 15 is 0 Å². The maximum absolute atomic E-state index is 12.7. The molecule has 1 aliphatic carbocycles. The lowest BCUT2D eigenvalue weighted by atomic mass is 9.87. The standard InChI is InChI=1S/C15H25NO3S/c1-20(18,19)14-9-12-7-8-13(10-14)16(12)15(17)11-5-3-2-4-6-11/h11-14H,2-10H2,1H3/t12-,13+,14?. The number of carbonyl (C=O) groups is 1. The zero-order valence-corrected chi connectivity index (χ0v) is 13.1. The van der Waals surface area contributed by atoms with Gasteiger partial charge in [-0.2, -0.15) is 0 Å². The van der Waals surface area contributed by atoms with Gasteiger partial charge in [-0.1, -0.05) is 19.3 Å². The molecule has 0 N–H and O–H groups in total. The van der Waals surface area contributed by atoms with E-state index in [2.05, 4.69) is 4.90 Å². The molecular formula is C15H25NO3S. The fourth-order valence-electron chi connectivity index (χ4n) is 4.40. The molecule has 3 atom stereocenters. The second-order valence-electron chi connectivity index (χ2n) is 6.89. The van der Waals surface area contributed by atoms with Gasteiger partial charge in [-0.3, -0.25) is 4.79 Å². The molecule has 1 saturated carbocycles. The number of amides is 1. The second-order valence-corrected chi connectivity index (χ2v) is 9.21. The molecule has 3 aliphatic rings. The van der Waals surface area contributed by atoms with E-state index < -0.39 is 9.84 Å². The molecular weight excluding hydrogens is 274 g/mol. The van der Waals surface area contributed by atoms with E-state index in [9.17, 15) is 13.2 Å². The van der Waals surface area contributed by atoms with E-state index in [1.165, 1.54) is 25.5 Å². The molecule has 0 spiro atoms. The lowest BCUT2D eigenvalue weighted by Gasteiger charge is -2.40. The Balaban J connectivity index is 1.72. The largest absolute Gasteiger partial charge is 0.336 e. The Bertz CT molecular complexity index is 467. The van der Waals surface area contributed by atoms with E-state index in [0.717, 1.165) is 25.7 Å². The molecule has 2 bridgehead atoms. The van der Waals surface area contributed by atoms with Gasteiger partial charge in [0.05, 0.1) is 5.25 Å². The van der Waals surface area contributed by atoms with Crippen LogP contribution in [0.4, 0.5) is 0 Å². The fourth-order valence-corrected chi connectivity index (χ4v) is 5.54. The highest BCUT2D eigenvalue weighted by Crippen LogP contribution is 2.40. The molecule has 1 unspecified atom stereocenters. The number of carbonyl (C=O) groups excluding carboxylic acids is 1. The van der Waals surface area contributed by atoms with Crippen molar-refractivity contribution in [3.05, 3.63) is 0 Å². The van der Waals surface area contributed by atoms with Crippen molar-refractivity contribution in [3.8, 4) is 0 Å². The van der Waals surface area contributed by atoms with Crippen molar-refractivity contribution in [2.45, 2.75) is 75.1 Å². The second kappa shape index (κ2) is 5.32. The van der Waals surface area contributed by atoms with Crippen LogP contribution in [-0.2, 0) is 14.6 Å². The van der Waals surface area contributed by atoms with Crippen molar-refractivity contribution in [1.82, 2.24) is 4.90 Å². The molecule has 2 aliphatic heterocycles. The average molecular weight is 299 g/mol. The summed E-state index contributed by atoms with van der Waals surface area (Å²) >= 11 is 0. The van der Waals surface area contributed by atoms with Crippen LogP contribution in [0.25, 0.3) is 0 Å². The zero-order valence-electron chi connectivity index (χ0n) is 12.3. The van der Waals surface area contributed by atoms with Crippen molar-refractivity contribution in [2.75, 3.05) is 6.26 Å². The average Bonchev–Trinajstić information content (AvgIpc) is 2.67. The summed E-state index contributed by atoms with van der Waals surface area (Å²) in [6, 6.07) is 0.366. The summed E-state index contributed by atoms with van der Waals surface area (Å²) in [4.78, 5) is 14.8. The van der Waals surface area contributed by atoms with Gasteiger partial charge < -0.3 is 4.90 Å². The molecule has 3 rings (SSSR count). The number of rotatable bonds is 2. The highest BCUT2D eigenvalue weighted by molar-refractivity contribution is 7.91. The summed E-state index contributed by atoms with van der Waals surface area (Å²) < 4.78 is 23.6. The molecule has 114 valence electrons. The highest BCUT2D eigenvalue weighted by atomic mass is 32.2. The molecule has 2 saturated heterocycles. The summed E-state index contributed by atoms with van der Waals surface area (Å²) in [6.07, 6.45) is 10.3. The number of nitrogens with zero attached hydrogens (tertiary/aromatic N) is 1. The van der Waals surface area contributed by atoms with Crippen LogP contribution in [0, 0.1) is 5.92 Å². The van der Waals surface area contributed by atoms with Crippen molar-refractivity contribution in [3.63, 3.8) is 0 Å². The molecule has 5 heteroatoms. The number of hydrogen-bond acceptors (Lipinski definition) is 3. The minimum atomic E-state index is -2.96.